The van der Waals surface area contributed by atoms with Crippen molar-refractivity contribution in [1.29, 1.82) is 0 Å². The summed E-state index contributed by atoms with van der Waals surface area (Å²) in [5, 5.41) is 6.31. The van der Waals surface area contributed by atoms with Crippen LogP contribution in [0.2, 0.25) is 0 Å². The molecule has 27 heavy (non-hydrogen) atoms. The van der Waals surface area contributed by atoms with Gasteiger partial charge in [-0.2, -0.15) is 0 Å². The topological polar surface area (TPSA) is 92.7 Å². The molecule has 0 unspecified atom stereocenters. The van der Waals surface area contributed by atoms with Gasteiger partial charge < -0.3 is 10.6 Å². The SMILES string of the molecule is O=C(NCC1CCC(c2ccnc(Nc3cncnc3)n2)CC1)C1CCC1. The fourth-order valence-corrected chi connectivity index (χ4v) is 3.88. The number of aromatic nitrogens is 4. The Bertz CT molecular complexity index is 756. The first kappa shape index (κ1) is 17.8. The van der Waals surface area contributed by atoms with Crippen LogP contribution in [0.4, 0.5) is 11.6 Å². The lowest BCUT2D eigenvalue weighted by Gasteiger charge is -2.30. The molecule has 4 rings (SSSR count). The Kier molecular flexibility index (Phi) is 5.55. The summed E-state index contributed by atoms with van der Waals surface area (Å²) in [4.78, 5) is 29.0. The Labute approximate surface area is 159 Å². The fourth-order valence-electron chi connectivity index (χ4n) is 3.88. The predicted octanol–water partition coefficient (Wildman–Crippen LogP) is 3.20. The van der Waals surface area contributed by atoms with E-state index in [9.17, 15) is 4.79 Å². The highest BCUT2D eigenvalue weighted by atomic mass is 16.1. The van der Waals surface area contributed by atoms with E-state index in [4.69, 9.17) is 0 Å². The standard InChI is InChI=1S/C20H26N6O/c27-19(16-2-1-3-16)24-10-14-4-6-15(7-5-14)18-8-9-23-20(26-18)25-17-11-21-13-22-12-17/h8-9,11-16H,1-7,10H2,(H,24,27)(H,23,25,26). The Morgan fingerprint density at radius 2 is 1.85 bits per heavy atom. The van der Waals surface area contributed by atoms with E-state index in [0.29, 0.717) is 17.8 Å². The lowest BCUT2D eigenvalue weighted by atomic mass is 9.80. The van der Waals surface area contributed by atoms with Gasteiger partial charge in [0.05, 0.1) is 18.1 Å². The zero-order chi connectivity index (χ0) is 18.5. The first-order valence-electron chi connectivity index (χ1n) is 9.90. The van der Waals surface area contributed by atoms with Crippen LogP contribution in [0.15, 0.2) is 31.0 Å². The Balaban J connectivity index is 1.27. The molecule has 2 saturated carbocycles. The van der Waals surface area contributed by atoms with Crippen molar-refractivity contribution in [2.75, 3.05) is 11.9 Å². The third-order valence-electron chi connectivity index (χ3n) is 5.80. The third kappa shape index (κ3) is 4.59. The summed E-state index contributed by atoms with van der Waals surface area (Å²) >= 11 is 0. The molecule has 2 aliphatic carbocycles. The second-order valence-corrected chi connectivity index (χ2v) is 7.65. The van der Waals surface area contributed by atoms with Crippen LogP contribution in [-0.4, -0.2) is 32.4 Å². The summed E-state index contributed by atoms with van der Waals surface area (Å²) in [5.74, 6) is 2.17. The molecule has 142 valence electrons. The van der Waals surface area contributed by atoms with E-state index in [-0.39, 0.29) is 11.8 Å². The lowest BCUT2D eigenvalue weighted by molar-refractivity contribution is -0.127. The Morgan fingerprint density at radius 3 is 2.56 bits per heavy atom. The maximum Gasteiger partial charge on any atom is 0.227 e. The van der Waals surface area contributed by atoms with E-state index < -0.39 is 0 Å². The minimum Gasteiger partial charge on any atom is -0.356 e. The Morgan fingerprint density at radius 1 is 1.07 bits per heavy atom. The monoisotopic (exact) mass is 366 g/mol. The minimum absolute atomic E-state index is 0.264. The van der Waals surface area contributed by atoms with Crippen LogP contribution in [-0.2, 0) is 4.79 Å². The average Bonchev–Trinajstić information content (AvgIpc) is 2.66. The van der Waals surface area contributed by atoms with Crippen molar-refractivity contribution >= 4 is 17.5 Å². The maximum absolute atomic E-state index is 12.0. The number of nitrogens with one attached hydrogen (secondary N) is 2. The molecule has 1 amide bonds. The molecule has 0 bridgehead atoms. The van der Waals surface area contributed by atoms with Gasteiger partial charge in [-0.1, -0.05) is 6.42 Å². The molecule has 0 aliphatic heterocycles. The molecule has 2 aromatic rings. The van der Waals surface area contributed by atoms with Crippen LogP contribution in [0.3, 0.4) is 0 Å². The van der Waals surface area contributed by atoms with E-state index in [1.165, 1.54) is 12.7 Å². The van der Waals surface area contributed by atoms with Crippen LogP contribution >= 0.6 is 0 Å². The second kappa shape index (κ2) is 8.41. The van der Waals surface area contributed by atoms with Crippen LogP contribution in [0.5, 0.6) is 0 Å². The lowest BCUT2D eigenvalue weighted by Crippen LogP contribution is -2.37. The highest BCUT2D eigenvalue weighted by Crippen LogP contribution is 2.35. The molecule has 0 atom stereocenters. The molecule has 7 nitrogen and oxygen atoms in total. The van der Waals surface area contributed by atoms with Crippen molar-refractivity contribution in [3.8, 4) is 0 Å². The van der Waals surface area contributed by atoms with Gasteiger partial charge in [0.1, 0.15) is 6.33 Å². The number of hydrogen-bond acceptors (Lipinski definition) is 6. The summed E-state index contributed by atoms with van der Waals surface area (Å²) in [5.41, 5.74) is 1.86. The van der Waals surface area contributed by atoms with Gasteiger partial charge in [-0.15, -0.1) is 0 Å². The molecule has 2 fully saturated rings. The number of nitrogens with zero attached hydrogens (tertiary/aromatic N) is 4. The normalized spacial score (nSPS) is 22.7. The van der Waals surface area contributed by atoms with Crippen LogP contribution in [0.1, 0.15) is 56.6 Å². The van der Waals surface area contributed by atoms with Crippen LogP contribution in [0, 0.1) is 11.8 Å². The summed E-state index contributed by atoms with van der Waals surface area (Å²) in [6.45, 7) is 0.826. The average molecular weight is 366 g/mol. The molecule has 2 heterocycles. The van der Waals surface area contributed by atoms with Gasteiger partial charge >= 0.3 is 0 Å². The van der Waals surface area contributed by atoms with Crippen molar-refractivity contribution < 1.29 is 4.79 Å². The number of carbonyl (C=O) groups excluding carboxylic acids is 1. The largest absolute Gasteiger partial charge is 0.356 e. The third-order valence-corrected chi connectivity index (χ3v) is 5.80. The van der Waals surface area contributed by atoms with Crippen molar-refractivity contribution in [1.82, 2.24) is 25.3 Å². The Hall–Kier alpha value is -2.57. The van der Waals surface area contributed by atoms with Crippen molar-refractivity contribution in [3.05, 3.63) is 36.7 Å². The number of anilines is 2. The van der Waals surface area contributed by atoms with Gasteiger partial charge in [0, 0.05) is 30.3 Å². The van der Waals surface area contributed by atoms with Gasteiger partial charge in [0.2, 0.25) is 11.9 Å². The van der Waals surface area contributed by atoms with E-state index in [1.54, 1.807) is 18.6 Å². The van der Waals surface area contributed by atoms with E-state index in [0.717, 1.165) is 56.5 Å². The van der Waals surface area contributed by atoms with Gasteiger partial charge in [-0.3, -0.25) is 4.79 Å². The molecule has 2 aromatic heterocycles. The number of rotatable bonds is 6. The zero-order valence-electron chi connectivity index (χ0n) is 15.5. The van der Waals surface area contributed by atoms with Gasteiger partial charge in [-0.05, 0) is 50.5 Å². The first-order chi connectivity index (χ1) is 13.3. The van der Waals surface area contributed by atoms with Crippen LogP contribution in [0.25, 0.3) is 0 Å². The van der Waals surface area contributed by atoms with Gasteiger partial charge in [0.15, 0.2) is 0 Å². The molecule has 0 radical (unpaired) electrons. The minimum atomic E-state index is 0.264. The molecule has 0 spiro atoms. The summed E-state index contributed by atoms with van der Waals surface area (Å²) in [7, 11) is 0. The fraction of sp³-hybridized carbons (Fsp3) is 0.550. The second-order valence-electron chi connectivity index (χ2n) is 7.65. The molecule has 2 N–H and O–H groups in total. The molecule has 0 saturated heterocycles. The summed E-state index contributed by atoms with van der Waals surface area (Å²) < 4.78 is 0. The highest BCUT2D eigenvalue weighted by molar-refractivity contribution is 5.79. The zero-order valence-corrected chi connectivity index (χ0v) is 15.5. The molecule has 2 aliphatic rings. The molecular weight excluding hydrogens is 340 g/mol. The number of amides is 1. The van der Waals surface area contributed by atoms with Gasteiger partial charge in [0.25, 0.3) is 0 Å². The maximum atomic E-state index is 12.0. The van der Waals surface area contributed by atoms with Crippen LogP contribution < -0.4 is 10.6 Å². The molecule has 7 heteroatoms. The van der Waals surface area contributed by atoms with Crippen molar-refractivity contribution in [3.63, 3.8) is 0 Å². The van der Waals surface area contributed by atoms with E-state index in [2.05, 4.69) is 30.6 Å². The summed E-state index contributed by atoms with van der Waals surface area (Å²) in [6.07, 6.45) is 14.5. The summed E-state index contributed by atoms with van der Waals surface area (Å²) in [6, 6.07) is 2.01. The van der Waals surface area contributed by atoms with E-state index >= 15 is 0 Å². The van der Waals surface area contributed by atoms with Crippen molar-refractivity contribution in [2.45, 2.75) is 50.9 Å². The van der Waals surface area contributed by atoms with E-state index in [1.807, 2.05) is 6.07 Å². The highest BCUT2D eigenvalue weighted by Gasteiger charge is 2.27. The predicted molar refractivity (Wildman–Crippen MR) is 102 cm³/mol. The quantitative estimate of drug-likeness (QED) is 0.815. The smallest absolute Gasteiger partial charge is 0.227 e. The molecule has 0 aromatic carbocycles. The first-order valence-corrected chi connectivity index (χ1v) is 9.90. The number of hydrogen-bond donors (Lipinski definition) is 2. The van der Waals surface area contributed by atoms with Crippen molar-refractivity contribution in [2.24, 2.45) is 11.8 Å². The van der Waals surface area contributed by atoms with Gasteiger partial charge in [-0.25, -0.2) is 19.9 Å². The number of carbonyl (C=O) groups is 1. The molecular formula is C20H26N6O.